The Bertz CT molecular complexity index is 256. The largest absolute Gasteiger partial charge is 0.481 e. The van der Waals surface area contributed by atoms with Gasteiger partial charge in [-0.3, -0.25) is 4.79 Å². The van der Waals surface area contributed by atoms with E-state index < -0.39 is 5.97 Å². The third kappa shape index (κ3) is 12.5. The van der Waals surface area contributed by atoms with Gasteiger partial charge < -0.3 is 20.5 Å². The van der Waals surface area contributed by atoms with Gasteiger partial charge in [-0.1, -0.05) is 6.08 Å². The molecule has 0 heterocycles. The number of urea groups is 1. The molecule has 0 aromatic heterocycles. The van der Waals surface area contributed by atoms with Gasteiger partial charge in [0.05, 0.1) is 13.2 Å². The molecular weight excluding hydrogens is 236 g/mol. The standard InChI is InChI=1S/C12H22N2O4/c1-2-3-9-18-10-8-14-12(17)13-7-5-4-6-11(15)16/h2H,1,3-10H2,(H,15,16)(H2,13,14,17). The second-order valence-electron chi connectivity index (χ2n) is 3.72. The second kappa shape index (κ2) is 11.9. The number of hydrogen-bond donors (Lipinski definition) is 3. The Labute approximate surface area is 107 Å². The number of nitrogens with one attached hydrogen (secondary N) is 2. The summed E-state index contributed by atoms with van der Waals surface area (Å²) in [5, 5.41) is 13.7. The minimum absolute atomic E-state index is 0.139. The zero-order valence-corrected chi connectivity index (χ0v) is 10.6. The van der Waals surface area contributed by atoms with Crippen molar-refractivity contribution in [2.45, 2.75) is 25.7 Å². The number of aliphatic carboxylic acids is 1. The summed E-state index contributed by atoms with van der Waals surface area (Å²) in [6, 6.07) is -0.252. The first-order valence-corrected chi connectivity index (χ1v) is 6.09. The van der Waals surface area contributed by atoms with Crippen LogP contribution in [-0.4, -0.2) is 43.4 Å². The highest BCUT2D eigenvalue weighted by atomic mass is 16.5. The van der Waals surface area contributed by atoms with Gasteiger partial charge in [-0.05, 0) is 19.3 Å². The van der Waals surface area contributed by atoms with Crippen LogP contribution >= 0.6 is 0 Å². The highest BCUT2D eigenvalue weighted by Gasteiger charge is 1.99. The summed E-state index contributed by atoms with van der Waals surface area (Å²) >= 11 is 0. The molecule has 0 aromatic rings. The molecule has 0 aromatic carbocycles. The van der Waals surface area contributed by atoms with Crippen molar-refractivity contribution in [3.8, 4) is 0 Å². The Balaban J connectivity index is 3.22. The van der Waals surface area contributed by atoms with Gasteiger partial charge in [0.15, 0.2) is 0 Å². The van der Waals surface area contributed by atoms with E-state index in [0.717, 1.165) is 6.42 Å². The number of carboxylic acids is 1. The highest BCUT2D eigenvalue weighted by Crippen LogP contribution is 1.93. The number of unbranched alkanes of at least 4 members (excludes halogenated alkanes) is 1. The molecule has 0 saturated heterocycles. The lowest BCUT2D eigenvalue weighted by atomic mass is 10.2. The topological polar surface area (TPSA) is 87.7 Å². The van der Waals surface area contributed by atoms with Gasteiger partial charge in [-0.15, -0.1) is 6.58 Å². The summed E-state index contributed by atoms with van der Waals surface area (Å²) in [6.07, 6.45) is 3.95. The van der Waals surface area contributed by atoms with Crippen molar-refractivity contribution in [1.29, 1.82) is 0 Å². The van der Waals surface area contributed by atoms with Crippen LogP contribution in [0.15, 0.2) is 12.7 Å². The molecule has 0 spiro atoms. The van der Waals surface area contributed by atoms with Crippen LogP contribution < -0.4 is 10.6 Å². The predicted octanol–water partition coefficient (Wildman–Crippen LogP) is 1.13. The number of carbonyl (C=O) groups excluding carboxylic acids is 1. The van der Waals surface area contributed by atoms with Crippen LogP contribution in [0.2, 0.25) is 0 Å². The molecule has 0 atom stereocenters. The monoisotopic (exact) mass is 258 g/mol. The normalized spacial score (nSPS) is 9.78. The predicted molar refractivity (Wildman–Crippen MR) is 68.5 cm³/mol. The Hall–Kier alpha value is -1.56. The lowest BCUT2D eigenvalue weighted by molar-refractivity contribution is -0.137. The molecule has 0 saturated carbocycles. The van der Waals surface area contributed by atoms with Gasteiger partial charge in [-0.2, -0.15) is 0 Å². The van der Waals surface area contributed by atoms with E-state index in [4.69, 9.17) is 9.84 Å². The van der Waals surface area contributed by atoms with E-state index in [2.05, 4.69) is 17.2 Å². The number of hydrogen-bond acceptors (Lipinski definition) is 3. The molecule has 3 N–H and O–H groups in total. The molecule has 6 heteroatoms. The fourth-order valence-electron chi connectivity index (χ4n) is 1.17. The summed E-state index contributed by atoms with van der Waals surface area (Å²) in [4.78, 5) is 21.4. The van der Waals surface area contributed by atoms with Crippen LogP contribution in [-0.2, 0) is 9.53 Å². The minimum atomic E-state index is -0.809. The third-order valence-electron chi connectivity index (χ3n) is 2.10. The van der Waals surface area contributed by atoms with Crippen molar-refractivity contribution in [3.05, 3.63) is 12.7 Å². The maximum absolute atomic E-state index is 11.2. The third-order valence-corrected chi connectivity index (χ3v) is 2.10. The maximum Gasteiger partial charge on any atom is 0.314 e. The van der Waals surface area contributed by atoms with Gasteiger partial charge in [0, 0.05) is 19.5 Å². The molecule has 0 bridgehead atoms. The number of ether oxygens (including phenoxy) is 1. The van der Waals surface area contributed by atoms with E-state index in [0.29, 0.717) is 39.1 Å². The van der Waals surface area contributed by atoms with Crippen molar-refractivity contribution in [2.75, 3.05) is 26.3 Å². The van der Waals surface area contributed by atoms with Crippen LogP contribution in [0.25, 0.3) is 0 Å². The lowest BCUT2D eigenvalue weighted by Gasteiger charge is -2.07. The number of carboxylic acid groups (broad SMARTS) is 1. The van der Waals surface area contributed by atoms with E-state index in [1.54, 1.807) is 6.08 Å². The summed E-state index contributed by atoms with van der Waals surface area (Å²) < 4.78 is 5.21. The maximum atomic E-state index is 11.2. The second-order valence-corrected chi connectivity index (χ2v) is 3.72. The summed E-state index contributed by atoms with van der Waals surface area (Å²) in [6.45, 7) is 5.59. The average molecular weight is 258 g/mol. The van der Waals surface area contributed by atoms with E-state index in [1.165, 1.54) is 0 Å². The molecule has 0 aliphatic carbocycles. The van der Waals surface area contributed by atoms with E-state index in [-0.39, 0.29) is 12.5 Å². The van der Waals surface area contributed by atoms with Gasteiger partial charge >= 0.3 is 12.0 Å². The molecule has 0 aliphatic heterocycles. The highest BCUT2D eigenvalue weighted by molar-refractivity contribution is 5.73. The number of carbonyl (C=O) groups is 2. The molecule has 6 nitrogen and oxygen atoms in total. The zero-order valence-electron chi connectivity index (χ0n) is 10.6. The summed E-state index contributed by atoms with van der Waals surface area (Å²) in [5.74, 6) is -0.809. The minimum Gasteiger partial charge on any atom is -0.481 e. The molecule has 0 unspecified atom stereocenters. The van der Waals surface area contributed by atoms with Crippen molar-refractivity contribution in [3.63, 3.8) is 0 Å². The van der Waals surface area contributed by atoms with Gasteiger partial charge in [0.2, 0.25) is 0 Å². The van der Waals surface area contributed by atoms with E-state index in [1.807, 2.05) is 0 Å². The molecule has 2 amide bonds. The van der Waals surface area contributed by atoms with Gasteiger partial charge in [0.25, 0.3) is 0 Å². The first kappa shape index (κ1) is 16.4. The van der Waals surface area contributed by atoms with Crippen LogP contribution in [0.1, 0.15) is 25.7 Å². The smallest absolute Gasteiger partial charge is 0.314 e. The van der Waals surface area contributed by atoms with Crippen molar-refractivity contribution >= 4 is 12.0 Å². The Morgan fingerprint density at radius 1 is 1.17 bits per heavy atom. The van der Waals surface area contributed by atoms with E-state index >= 15 is 0 Å². The Morgan fingerprint density at radius 2 is 1.89 bits per heavy atom. The van der Waals surface area contributed by atoms with Crippen molar-refractivity contribution < 1.29 is 19.4 Å². The molecular formula is C12H22N2O4. The van der Waals surface area contributed by atoms with Crippen molar-refractivity contribution in [1.82, 2.24) is 10.6 Å². The van der Waals surface area contributed by atoms with Crippen LogP contribution in [0, 0.1) is 0 Å². The molecule has 0 rings (SSSR count). The average Bonchev–Trinajstić information content (AvgIpc) is 2.33. The van der Waals surface area contributed by atoms with Crippen LogP contribution in [0.5, 0.6) is 0 Å². The van der Waals surface area contributed by atoms with Crippen molar-refractivity contribution in [2.24, 2.45) is 0 Å². The number of rotatable bonds is 11. The first-order chi connectivity index (χ1) is 8.66. The fourth-order valence-corrected chi connectivity index (χ4v) is 1.17. The number of amides is 2. The molecule has 0 aliphatic rings. The first-order valence-electron chi connectivity index (χ1n) is 6.09. The molecule has 18 heavy (non-hydrogen) atoms. The Kier molecular flexibility index (Phi) is 10.9. The lowest BCUT2D eigenvalue weighted by Crippen LogP contribution is -2.37. The zero-order chi connectivity index (χ0) is 13.6. The quantitative estimate of drug-likeness (QED) is 0.383. The molecule has 0 fully saturated rings. The van der Waals surface area contributed by atoms with Crippen LogP contribution in [0.4, 0.5) is 4.79 Å². The van der Waals surface area contributed by atoms with Crippen LogP contribution in [0.3, 0.4) is 0 Å². The van der Waals surface area contributed by atoms with Gasteiger partial charge in [0.1, 0.15) is 0 Å². The molecule has 104 valence electrons. The molecule has 0 radical (unpaired) electrons. The van der Waals surface area contributed by atoms with Gasteiger partial charge in [-0.25, -0.2) is 4.79 Å². The SMILES string of the molecule is C=CCCOCCNC(=O)NCCCCC(=O)O. The Morgan fingerprint density at radius 3 is 2.56 bits per heavy atom. The summed E-state index contributed by atoms with van der Waals surface area (Å²) in [5.41, 5.74) is 0. The fraction of sp³-hybridized carbons (Fsp3) is 0.667. The summed E-state index contributed by atoms with van der Waals surface area (Å²) in [7, 11) is 0. The van der Waals surface area contributed by atoms with E-state index in [9.17, 15) is 9.59 Å².